The predicted octanol–water partition coefficient (Wildman–Crippen LogP) is 0.931. The summed E-state index contributed by atoms with van der Waals surface area (Å²) in [5, 5.41) is 2.53. The van der Waals surface area contributed by atoms with Gasteiger partial charge in [-0.1, -0.05) is 0 Å². The van der Waals surface area contributed by atoms with Gasteiger partial charge in [0.25, 0.3) is 0 Å². The number of aromatic nitrogens is 1. The maximum absolute atomic E-state index is 10.6. The Bertz CT molecular complexity index is 309. The van der Waals surface area contributed by atoms with Crippen LogP contribution in [-0.4, -0.2) is 10.9 Å². The number of aryl methyl sites for hydroxylation is 1. The fourth-order valence-electron chi connectivity index (χ4n) is 0.863. The quantitative estimate of drug-likeness (QED) is 0.650. The summed E-state index contributed by atoms with van der Waals surface area (Å²) in [5.74, 6) is 0.256. The second-order valence-corrected chi connectivity index (χ2v) is 2.63. The van der Waals surface area contributed by atoms with Crippen LogP contribution in [0, 0.1) is 6.92 Å². The molecule has 0 saturated heterocycles. The number of nitrogens with two attached hydrogens (primary N) is 1. The molecule has 0 aliphatic carbocycles. The van der Waals surface area contributed by atoms with Crippen LogP contribution in [-0.2, 0) is 4.79 Å². The fraction of sp³-hybridized carbons (Fsp3) is 0.250. The summed E-state index contributed by atoms with van der Waals surface area (Å²) in [6.45, 7) is 3.31. The van der Waals surface area contributed by atoms with Gasteiger partial charge < -0.3 is 11.1 Å². The Kier molecular flexibility index (Phi) is 2.28. The SMILES string of the molecule is CC(=O)Nc1ncc(C)cc1N. The second kappa shape index (κ2) is 3.21. The van der Waals surface area contributed by atoms with Gasteiger partial charge in [0.2, 0.25) is 5.91 Å². The van der Waals surface area contributed by atoms with Gasteiger partial charge in [0.1, 0.15) is 0 Å². The van der Waals surface area contributed by atoms with Gasteiger partial charge in [-0.2, -0.15) is 0 Å². The van der Waals surface area contributed by atoms with E-state index in [4.69, 9.17) is 5.73 Å². The molecular formula is C8H11N3O. The Morgan fingerprint density at radius 1 is 1.67 bits per heavy atom. The number of hydrogen-bond acceptors (Lipinski definition) is 3. The first-order valence-electron chi connectivity index (χ1n) is 3.59. The van der Waals surface area contributed by atoms with Crippen LogP contribution in [0.25, 0.3) is 0 Å². The van der Waals surface area contributed by atoms with Crippen LogP contribution in [0.2, 0.25) is 0 Å². The Morgan fingerprint density at radius 3 is 2.83 bits per heavy atom. The zero-order valence-electron chi connectivity index (χ0n) is 7.09. The summed E-state index contributed by atoms with van der Waals surface area (Å²) in [4.78, 5) is 14.6. The first-order chi connectivity index (χ1) is 5.59. The van der Waals surface area contributed by atoms with Crippen LogP contribution in [0.4, 0.5) is 11.5 Å². The summed E-state index contributed by atoms with van der Waals surface area (Å²) in [7, 11) is 0. The Balaban J connectivity index is 2.93. The molecule has 0 aromatic carbocycles. The minimum atomic E-state index is -0.168. The number of rotatable bonds is 1. The van der Waals surface area contributed by atoms with Crippen LogP contribution in [0.5, 0.6) is 0 Å². The molecule has 1 rings (SSSR count). The largest absolute Gasteiger partial charge is 0.396 e. The molecule has 1 amide bonds. The minimum Gasteiger partial charge on any atom is -0.396 e. The van der Waals surface area contributed by atoms with Crippen molar-refractivity contribution < 1.29 is 4.79 Å². The number of nitrogens with one attached hydrogen (secondary N) is 1. The molecule has 0 aliphatic rings. The summed E-state index contributed by atoms with van der Waals surface area (Å²) in [6.07, 6.45) is 1.65. The van der Waals surface area contributed by atoms with E-state index in [0.29, 0.717) is 11.5 Å². The third kappa shape index (κ3) is 1.95. The highest BCUT2D eigenvalue weighted by Gasteiger charge is 2.01. The molecule has 1 aromatic rings. The summed E-state index contributed by atoms with van der Waals surface area (Å²) >= 11 is 0. The van der Waals surface area contributed by atoms with Crippen molar-refractivity contribution in [2.24, 2.45) is 0 Å². The highest BCUT2D eigenvalue weighted by atomic mass is 16.1. The van der Waals surface area contributed by atoms with Crippen molar-refractivity contribution in [1.82, 2.24) is 4.98 Å². The molecule has 0 unspecified atom stereocenters. The number of amides is 1. The topological polar surface area (TPSA) is 68.0 Å². The molecule has 12 heavy (non-hydrogen) atoms. The molecule has 0 aliphatic heterocycles. The molecule has 0 atom stereocenters. The third-order valence-electron chi connectivity index (χ3n) is 1.35. The lowest BCUT2D eigenvalue weighted by Gasteiger charge is -2.04. The van der Waals surface area contributed by atoms with Crippen LogP contribution < -0.4 is 11.1 Å². The molecule has 4 nitrogen and oxygen atoms in total. The lowest BCUT2D eigenvalue weighted by molar-refractivity contribution is -0.114. The van der Waals surface area contributed by atoms with E-state index in [0.717, 1.165) is 5.56 Å². The van der Waals surface area contributed by atoms with E-state index in [1.54, 1.807) is 12.3 Å². The van der Waals surface area contributed by atoms with Crippen LogP contribution in [0.3, 0.4) is 0 Å². The number of nitrogens with zero attached hydrogens (tertiary/aromatic N) is 1. The van der Waals surface area contributed by atoms with Crippen LogP contribution in [0.15, 0.2) is 12.3 Å². The first kappa shape index (κ1) is 8.52. The normalized spacial score (nSPS) is 9.50. The fourth-order valence-corrected chi connectivity index (χ4v) is 0.863. The molecule has 4 heteroatoms. The van der Waals surface area contributed by atoms with Gasteiger partial charge in [-0.3, -0.25) is 4.79 Å². The van der Waals surface area contributed by atoms with Gasteiger partial charge >= 0.3 is 0 Å². The highest BCUT2D eigenvalue weighted by Crippen LogP contribution is 2.15. The molecule has 3 N–H and O–H groups in total. The van der Waals surface area contributed by atoms with Gasteiger partial charge in [0.15, 0.2) is 5.82 Å². The Labute approximate surface area is 70.8 Å². The van der Waals surface area contributed by atoms with Crippen molar-refractivity contribution in [1.29, 1.82) is 0 Å². The maximum Gasteiger partial charge on any atom is 0.222 e. The molecule has 0 radical (unpaired) electrons. The number of anilines is 2. The summed E-state index contributed by atoms with van der Waals surface area (Å²) < 4.78 is 0. The molecule has 0 saturated carbocycles. The lowest BCUT2D eigenvalue weighted by atomic mass is 10.3. The van der Waals surface area contributed by atoms with Crippen molar-refractivity contribution in [2.75, 3.05) is 11.1 Å². The van der Waals surface area contributed by atoms with Crippen LogP contribution in [0.1, 0.15) is 12.5 Å². The van der Waals surface area contributed by atoms with Gasteiger partial charge in [-0.25, -0.2) is 4.98 Å². The number of nitrogen functional groups attached to an aromatic ring is 1. The minimum absolute atomic E-state index is 0.168. The Morgan fingerprint density at radius 2 is 2.33 bits per heavy atom. The molecule has 0 bridgehead atoms. The van der Waals surface area contributed by atoms with Crippen molar-refractivity contribution in [3.63, 3.8) is 0 Å². The second-order valence-electron chi connectivity index (χ2n) is 2.63. The average molecular weight is 165 g/mol. The maximum atomic E-state index is 10.6. The zero-order chi connectivity index (χ0) is 9.14. The molecular weight excluding hydrogens is 154 g/mol. The molecule has 0 fully saturated rings. The van der Waals surface area contributed by atoms with E-state index in [2.05, 4.69) is 10.3 Å². The van der Waals surface area contributed by atoms with E-state index >= 15 is 0 Å². The van der Waals surface area contributed by atoms with Gasteiger partial charge in [0.05, 0.1) is 5.69 Å². The van der Waals surface area contributed by atoms with Crippen LogP contribution >= 0.6 is 0 Å². The average Bonchev–Trinajstić information content (AvgIpc) is 1.94. The van der Waals surface area contributed by atoms with E-state index in [1.165, 1.54) is 6.92 Å². The van der Waals surface area contributed by atoms with Gasteiger partial charge in [0, 0.05) is 13.1 Å². The molecule has 1 heterocycles. The number of hydrogen-bond donors (Lipinski definition) is 2. The first-order valence-corrected chi connectivity index (χ1v) is 3.59. The van der Waals surface area contributed by atoms with Gasteiger partial charge in [-0.15, -0.1) is 0 Å². The lowest BCUT2D eigenvalue weighted by Crippen LogP contribution is -2.09. The molecule has 1 aromatic heterocycles. The summed E-state index contributed by atoms with van der Waals surface area (Å²) in [6, 6.07) is 1.76. The number of pyridine rings is 1. The smallest absolute Gasteiger partial charge is 0.222 e. The monoisotopic (exact) mass is 165 g/mol. The van der Waals surface area contributed by atoms with E-state index in [1.807, 2.05) is 6.92 Å². The zero-order valence-corrected chi connectivity index (χ0v) is 7.09. The van der Waals surface area contributed by atoms with Crippen molar-refractivity contribution >= 4 is 17.4 Å². The van der Waals surface area contributed by atoms with Crippen molar-refractivity contribution in [3.8, 4) is 0 Å². The summed E-state index contributed by atoms with van der Waals surface area (Å²) in [5.41, 5.74) is 7.06. The van der Waals surface area contributed by atoms with E-state index in [9.17, 15) is 4.79 Å². The van der Waals surface area contributed by atoms with E-state index in [-0.39, 0.29) is 5.91 Å². The van der Waals surface area contributed by atoms with Crippen molar-refractivity contribution in [2.45, 2.75) is 13.8 Å². The Hall–Kier alpha value is -1.58. The third-order valence-corrected chi connectivity index (χ3v) is 1.35. The van der Waals surface area contributed by atoms with Gasteiger partial charge in [-0.05, 0) is 18.6 Å². The molecule has 64 valence electrons. The number of carbonyl (C=O) groups is 1. The van der Waals surface area contributed by atoms with Crippen molar-refractivity contribution in [3.05, 3.63) is 17.8 Å². The number of carbonyl (C=O) groups excluding carboxylic acids is 1. The standard InChI is InChI=1S/C8H11N3O/c1-5-3-7(9)8(10-4-5)11-6(2)12/h3-4H,9H2,1-2H3,(H,10,11,12). The van der Waals surface area contributed by atoms with E-state index < -0.39 is 0 Å². The predicted molar refractivity (Wildman–Crippen MR) is 47.7 cm³/mol. The highest BCUT2D eigenvalue weighted by molar-refractivity contribution is 5.90. The molecule has 0 spiro atoms.